The SMILES string of the molecule is COc1cc(C)ccc1C(=O)Cc1cc(Br)ccc1F. The van der Waals surface area contributed by atoms with Crippen LogP contribution in [0.2, 0.25) is 0 Å². The largest absolute Gasteiger partial charge is 0.496 e. The number of ketones is 1. The molecule has 0 heterocycles. The predicted octanol–water partition coefficient (Wildman–Crippen LogP) is 4.33. The number of hydrogen-bond donors (Lipinski definition) is 0. The molecule has 4 heteroatoms. The maximum absolute atomic E-state index is 13.7. The van der Waals surface area contributed by atoms with E-state index in [0.717, 1.165) is 10.0 Å². The average Bonchev–Trinajstić information content (AvgIpc) is 2.42. The summed E-state index contributed by atoms with van der Waals surface area (Å²) in [5.74, 6) is -0.0307. The van der Waals surface area contributed by atoms with Gasteiger partial charge in [-0.1, -0.05) is 22.0 Å². The van der Waals surface area contributed by atoms with Gasteiger partial charge in [-0.3, -0.25) is 4.79 Å². The molecule has 0 unspecified atom stereocenters. The summed E-state index contributed by atoms with van der Waals surface area (Å²) < 4.78 is 19.7. The lowest BCUT2D eigenvalue weighted by molar-refractivity contribution is 0.0989. The molecule has 0 aliphatic rings. The smallest absolute Gasteiger partial charge is 0.171 e. The molecular formula is C16H14BrFO2. The van der Waals surface area contributed by atoms with Gasteiger partial charge in [0.05, 0.1) is 12.7 Å². The molecule has 2 nitrogen and oxygen atoms in total. The van der Waals surface area contributed by atoms with E-state index in [-0.39, 0.29) is 18.0 Å². The van der Waals surface area contributed by atoms with Crippen molar-refractivity contribution in [3.8, 4) is 5.75 Å². The quantitative estimate of drug-likeness (QED) is 0.776. The highest BCUT2D eigenvalue weighted by Gasteiger charge is 2.15. The molecule has 0 fully saturated rings. The monoisotopic (exact) mass is 336 g/mol. The summed E-state index contributed by atoms with van der Waals surface area (Å²) >= 11 is 3.28. The van der Waals surface area contributed by atoms with Gasteiger partial charge < -0.3 is 4.74 Å². The van der Waals surface area contributed by atoms with E-state index in [2.05, 4.69) is 15.9 Å². The van der Waals surface area contributed by atoms with E-state index in [1.54, 1.807) is 24.3 Å². The third kappa shape index (κ3) is 3.25. The molecule has 0 aromatic heterocycles. The number of rotatable bonds is 4. The lowest BCUT2D eigenvalue weighted by Crippen LogP contribution is -2.07. The number of ether oxygens (including phenoxy) is 1. The molecule has 0 aliphatic carbocycles. The van der Waals surface area contributed by atoms with Crippen molar-refractivity contribution in [2.75, 3.05) is 7.11 Å². The minimum Gasteiger partial charge on any atom is -0.496 e. The number of Topliss-reactive ketones (excluding diaryl/α,β-unsaturated/α-hetero) is 1. The number of hydrogen-bond acceptors (Lipinski definition) is 2. The summed E-state index contributed by atoms with van der Waals surface area (Å²) in [5, 5.41) is 0. The first-order chi connectivity index (χ1) is 9.51. The molecule has 0 saturated heterocycles. The molecule has 2 rings (SSSR count). The van der Waals surface area contributed by atoms with Gasteiger partial charge in [-0.2, -0.15) is 0 Å². The van der Waals surface area contributed by atoms with Crippen molar-refractivity contribution in [2.24, 2.45) is 0 Å². The summed E-state index contributed by atoms with van der Waals surface area (Å²) in [6.07, 6.45) is 0.00466. The van der Waals surface area contributed by atoms with Gasteiger partial charge in [0.25, 0.3) is 0 Å². The molecule has 0 N–H and O–H groups in total. The Balaban J connectivity index is 2.30. The van der Waals surface area contributed by atoms with Crippen molar-refractivity contribution in [3.63, 3.8) is 0 Å². The highest BCUT2D eigenvalue weighted by Crippen LogP contribution is 2.23. The van der Waals surface area contributed by atoms with Gasteiger partial charge in [0, 0.05) is 10.9 Å². The fourth-order valence-corrected chi connectivity index (χ4v) is 2.38. The standard InChI is InChI=1S/C16H14BrFO2/c1-10-3-5-13(16(7-10)20-2)15(19)9-11-8-12(17)4-6-14(11)18/h3-8H,9H2,1-2H3. The molecule has 0 atom stereocenters. The second-order valence-corrected chi connectivity index (χ2v) is 5.46. The lowest BCUT2D eigenvalue weighted by Gasteiger charge is -2.09. The summed E-state index contributed by atoms with van der Waals surface area (Å²) in [4.78, 5) is 12.3. The molecule has 0 spiro atoms. The molecule has 0 radical (unpaired) electrons. The molecular weight excluding hydrogens is 323 g/mol. The molecule has 104 valence electrons. The predicted molar refractivity (Wildman–Crippen MR) is 79.9 cm³/mol. The van der Waals surface area contributed by atoms with E-state index in [9.17, 15) is 9.18 Å². The Kier molecular flexibility index (Phi) is 4.55. The number of aryl methyl sites for hydroxylation is 1. The third-order valence-corrected chi connectivity index (χ3v) is 3.51. The highest BCUT2D eigenvalue weighted by atomic mass is 79.9. The van der Waals surface area contributed by atoms with Crippen LogP contribution < -0.4 is 4.74 Å². The fourth-order valence-electron chi connectivity index (χ4n) is 1.98. The Bertz CT molecular complexity index is 653. The van der Waals surface area contributed by atoms with E-state index >= 15 is 0 Å². The van der Waals surface area contributed by atoms with Gasteiger partial charge >= 0.3 is 0 Å². The Labute approximate surface area is 125 Å². The first kappa shape index (κ1) is 14.7. The summed E-state index contributed by atoms with van der Waals surface area (Å²) in [6.45, 7) is 1.92. The van der Waals surface area contributed by atoms with Crippen LogP contribution >= 0.6 is 15.9 Å². The Morgan fingerprint density at radius 3 is 2.70 bits per heavy atom. The minimum absolute atomic E-state index is 0.00466. The molecule has 20 heavy (non-hydrogen) atoms. The number of carbonyl (C=O) groups excluding carboxylic acids is 1. The van der Waals surface area contributed by atoms with E-state index < -0.39 is 0 Å². The minimum atomic E-state index is -0.382. The lowest BCUT2D eigenvalue weighted by atomic mass is 10.0. The topological polar surface area (TPSA) is 26.3 Å². The Hall–Kier alpha value is -1.68. The second kappa shape index (κ2) is 6.18. The maximum atomic E-state index is 13.7. The van der Waals surface area contributed by atoms with Gasteiger partial charge in [-0.05, 0) is 48.4 Å². The van der Waals surface area contributed by atoms with Crippen LogP contribution in [0.3, 0.4) is 0 Å². The van der Waals surface area contributed by atoms with Gasteiger partial charge in [0.1, 0.15) is 11.6 Å². The van der Waals surface area contributed by atoms with Crippen molar-refractivity contribution in [2.45, 2.75) is 13.3 Å². The van der Waals surface area contributed by atoms with Crippen molar-refractivity contribution in [1.82, 2.24) is 0 Å². The van der Waals surface area contributed by atoms with Crippen LogP contribution in [-0.4, -0.2) is 12.9 Å². The molecule has 0 saturated carbocycles. The van der Waals surface area contributed by atoms with Crippen LogP contribution in [-0.2, 0) is 6.42 Å². The van der Waals surface area contributed by atoms with Gasteiger partial charge in [-0.25, -0.2) is 4.39 Å². The number of benzene rings is 2. The van der Waals surface area contributed by atoms with Gasteiger partial charge in [0.15, 0.2) is 5.78 Å². The zero-order valence-electron chi connectivity index (χ0n) is 11.2. The number of carbonyl (C=O) groups is 1. The summed E-state index contributed by atoms with van der Waals surface area (Å²) in [5.41, 5.74) is 1.84. The number of halogens is 2. The Morgan fingerprint density at radius 1 is 1.25 bits per heavy atom. The molecule has 0 amide bonds. The maximum Gasteiger partial charge on any atom is 0.171 e. The fraction of sp³-hybridized carbons (Fsp3) is 0.188. The first-order valence-corrected chi connectivity index (χ1v) is 6.92. The van der Waals surface area contributed by atoms with Crippen molar-refractivity contribution < 1.29 is 13.9 Å². The van der Waals surface area contributed by atoms with Crippen molar-refractivity contribution in [1.29, 1.82) is 0 Å². The average molecular weight is 337 g/mol. The summed E-state index contributed by atoms with van der Waals surface area (Å²) in [6, 6.07) is 9.92. The van der Waals surface area contributed by atoms with E-state index in [4.69, 9.17) is 4.74 Å². The molecule has 2 aromatic rings. The van der Waals surface area contributed by atoms with Gasteiger partial charge in [-0.15, -0.1) is 0 Å². The second-order valence-electron chi connectivity index (χ2n) is 4.54. The molecule has 2 aromatic carbocycles. The van der Waals surface area contributed by atoms with Crippen LogP contribution in [0.1, 0.15) is 21.5 Å². The highest BCUT2D eigenvalue weighted by molar-refractivity contribution is 9.10. The third-order valence-electron chi connectivity index (χ3n) is 3.02. The van der Waals surface area contributed by atoms with Crippen LogP contribution in [0.25, 0.3) is 0 Å². The van der Waals surface area contributed by atoms with Crippen LogP contribution in [0.15, 0.2) is 40.9 Å². The Morgan fingerprint density at radius 2 is 2.00 bits per heavy atom. The van der Waals surface area contributed by atoms with E-state index in [1.807, 2.05) is 13.0 Å². The van der Waals surface area contributed by atoms with E-state index in [0.29, 0.717) is 16.9 Å². The normalized spacial score (nSPS) is 10.4. The van der Waals surface area contributed by atoms with Crippen LogP contribution in [0.4, 0.5) is 4.39 Å². The molecule has 0 aliphatic heterocycles. The van der Waals surface area contributed by atoms with Crippen LogP contribution in [0.5, 0.6) is 5.75 Å². The van der Waals surface area contributed by atoms with Crippen LogP contribution in [0, 0.1) is 12.7 Å². The molecule has 0 bridgehead atoms. The number of methoxy groups -OCH3 is 1. The van der Waals surface area contributed by atoms with Crippen molar-refractivity contribution >= 4 is 21.7 Å². The van der Waals surface area contributed by atoms with Crippen molar-refractivity contribution in [3.05, 3.63) is 63.4 Å². The zero-order chi connectivity index (χ0) is 14.7. The first-order valence-electron chi connectivity index (χ1n) is 6.13. The zero-order valence-corrected chi connectivity index (χ0v) is 12.8. The van der Waals surface area contributed by atoms with E-state index in [1.165, 1.54) is 13.2 Å². The van der Waals surface area contributed by atoms with Gasteiger partial charge in [0.2, 0.25) is 0 Å². The summed E-state index contributed by atoms with van der Waals surface area (Å²) in [7, 11) is 1.52.